The van der Waals surface area contributed by atoms with E-state index in [-0.39, 0.29) is 30.6 Å². The summed E-state index contributed by atoms with van der Waals surface area (Å²) in [5.41, 5.74) is 0. The van der Waals surface area contributed by atoms with E-state index in [0.717, 1.165) is 38.6 Å². The molecular weight excluding hydrogens is 354 g/mol. The Morgan fingerprint density at radius 2 is 1.54 bits per heavy atom. The molecule has 0 spiro atoms. The molecule has 0 fully saturated rings. The number of hydrogen-bond acceptors (Lipinski definition) is 5. The number of unbranched alkanes of at least 4 members (excludes halogenated alkanes) is 7. The van der Waals surface area contributed by atoms with Crippen molar-refractivity contribution in [1.29, 1.82) is 0 Å². The van der Waals surface area contributed by atoms with Crippen LogP contribution in [0.25, 0.3) is 0 Å². The van der Waals surface area contributed by atoms with Crippen LogP contribution in [0.15, 0.2) is 0 Å². The lowest BCUT2D eigenvalue weighted by molar-refractivity contribution is -0.160. The first kappa shape index (κ1) is 26.9. The van der Waals surface area contributed by atoms with Gasteiger partial charge in [-0.3, -0.25) is 9.59 Å². The van der Waals surface area contributed by atoms with Crippen molar-refractivity contribution in [3.05, 3.63) is 0 Å². The lowest BCUT2D eigenvalue weighted by atomic mass is 9.98. The number of hydrogen-bond donors (Lipinski definition) is 0. The maximum atomic E-state index is 12.3. The number of rotatable bonds is 18. The maximum absolute atomic E-state index is 12.3. The van der Waals surface area contributed by atoms with Gasteiger partial charge < -0.3 is 14.4 Å². The van der Waals surface area contributed by atoms with Gasteiger partial charge in [0, 0.05) is 6.42 Å². The molecule has 2 unspecified atom stereocenters. The van der Waals surface area contributed by atoms with Gasteiger partial charge in [-0.25, -0.2) is 0 Å². The van der Waals surface area contributed by atoms with Crippen LogP contribution in [-0.4, -0.2) is 50.2 Å². The van der Waals surface area contributed by atoms with Crippen molar-refractivity contribution in [2.75, 3.05) is 27.2 Å². The van der Waals surface area contributed by atoms with Crippen molar-refractivity contribution in [2.24, 2.45) is 5.92 Å². The van der Waals surface area contributed by atoms with Gasteiger partial charge in [-0.15, -0.1) is 0 Å². The van der Waals surface area contributed by atoms with Crippen molar-refractivity contribution in [3.63, 3.8) is 0 Å². The van der Waals surface area contributed by atoms with Gasteiger partial charge in [-0.1, -0.05) is 58.8 Å². The molecule has 0 aromatic heterocycles. The Morgan fingerprint density at radius 3 is 2.14 bits per heavy atom. The molecule has 2 atom stereocenters. The Balaban J connectivity index is 3.87. The number of esters is 2. The quantitative estimate of drug-likeness (QED) is 0.229. The molecule has 0 N–H and O–H groups in total. The standard InChI is InChI=1S/C23H45NO4/c1-6-8-9-10-11-12-13-16-21(7-2)23(26)27-19-20(3)28-22(25)17-14-15-18-24(4)5/h20-21H,6-19H2,1-5H3. The van der Waals surface area contributed by atoms with Gasteiger partial charge in [-0.05, 0) is 53.2 Å². The van der Waals surface area contributed by atoms with E-state index in [0.29, 0.717) is 6.42 Å². The van der Waals surface area contributed by atoms with Crippen molar-refractivity contribution < 1.29 is 19.1 Å². The molecule has 0 saturated heterocycles. The fourth-order valence-corrected chi connectivity index (χ4v) is 3.17. The second-order valence-electron chi connectivity index (χ2n) is 8.21. The van der Waals surface area contributed by atoms with Crippen molar-refractivity contribution in [3.8, 4) is 0 Å². The van der Waals surface area contributed by atoms with E-state index in [1.54, 1.807) is 6.92 Å². The Morgan fingerprint density at radius 1 is 0.893 bits per heavy atom. The molecule has 0 aliphatic carbocycles. The van der Waals surface area contributed by atoms with Crippen molar-refractivity contribution in [2.45, 2.75) is 104 Å². The number of carbonyl (C=O) groups excluding carboxylic acids is 2. The van der Waals surface area contributed by atoms with Crippen LogP contribution in [0, 0.1) is 5.92 Å². The first-order chi connectivity index (χ1) is 13.4. The molecule has 28 heavy (non-hydrogen) atoms. The van der Waals surface area contributed by atoms with Gasteiger partial charge >= 0.3 is 11.9 Å². The van der Waals surface area contributed by atoms with Crippen molar-refractivity contribution in [1.82, 2.24) is 4.90 Å². The molecule has 0 radical (unpaired) electrons. The van der Waals surface area contributed by atoms with E-state index < -0.39 is 0 Å². The van der Waals surface area contributed by atoms with Gasteiger partial charge in [0.2, 0.25) is 0 Å². The molecular formula is C23H45NO4. The van der Waals surface area contributed by atoms with Crippen LogP contribution in [0.4, 0.5) is 0 Å². The van der Waals surface area contributed by atoms with E-state index in [1.807, 2.05) is 21.0 Å². The molecule has 0 heterocycles. The smallest absolute Gasteiger partial charge is 0.309 e. The molecule has 0 saturated carbocycles. The van der Waals surface area contributed by atoms with Crippen molar-refractivity contribution >= 4 is 11.9 Å². The Kier molecular flexibility index (Phi) is 17.3. The highest BCUT2D eigenvalue weighted by molar-refractivity contribution is 5.72. The van der Waals surface area contributed by atoms with Gasteiger partial charge in [-0.2, -0.15) is 0 Å². The largest absolute Gasteiger partial charge is 0.462 e. The third-order valence-electron chi connectivity index (χ3n) is 5.01. The fraction of sp³-hybridized carbons (Fsp3) is 0.913. The zero-order valence-corrected chi connectivity index (χ0v) is 19.1. The summed E-state index contributed by atoms with van der Waals surface area (Å²) in [6.45, 7) is 7.16. The van der Waals surface area contributed by atoms with E-state index in [9.17, 15) is 9.59 Å². The Bertz CT molecular complexity index is 398. The predicted molar refractivity (Wildman–Crippen MR) is 115 cm³/mol. The summed E-state index contributed by atoms with van der Waals surface area (Å²) in [6.07, 6.45) is 12.3. The van der Waals surface area contributed by atoms with E-state index in [2.05, 4.69) is 11.8 Å². The highest BCUT2D eigenvalue weighted by atomic mass is 16.6. The number of nitrogens with zero attached hydrogens (tertiary/aromatic N) is 1. The normalized spacial score (nSPS) is 13.4. The van der Waals surface area contributed by atoms with E-state index in [1.165, 1.54) is 38.5 Å². The molecule has 5 heteroatoms. The molecule has 0 aromatic rings. The van der Waals surface area contributed by atoms with Gasteiger partial charge in [0.25, 0.3) is 0 Å². The zero-order chi connectivity index (χ0) is 21.2. The monoisotopic (exact) mass is 399 g/mol. The molecule has 5 nitrogen and oxygen atoms in total. The summed E-state index contributed by atoms with van der Waals surface area (Å²) in [6, 6.07) is 0. The number of ether oxygens (including phenoxy) is 2. The highest BCUT2D eigenvalue weighted by Gasteiger charge is 2.19. The molecule has 0 bridgehead atoms. The van der Waals surface area contributed by atoms with Crippen LogP contribution in [0.5, 0.6) is 0 Å². The lowest BCUT2D eigenvalue weighted by Crippen LogP contribution is -2.25. The van der Waals surface area contributed by atoms with Gasteiger partial charge in [0.15, 0.2) is 0 Å². The summed E-state index contributed by atoms with van der Waals surface area (Å²) in [4.78, 5) is 26.2. The summed E-state index contributed by atoms with van der Waals surface area (Å²) < 4.78 is 10.7. The SMILES string of the molecule is CCCCCCCCCC(CC)C(=O)OCC(C)OC(=O)CCCCN(C)C. The number of carbonyl (C=O) groups is 2. The summed E-state index contributed by atoms with van der Waals surface area (Å²) >= 11 is 0. The predicted octanol–water partition coefficient (Wildman–Crippen LogP) is 5.36. The molecule has 166 valence electrons. The first-order valence-corrected chi connectivity index (χ1v) is 11.4. The molecule has 0 aliphatic heterocycles. The molecule has 0 amide bonds. The minimum atomic E-state index is -0.388. The minimum absolute atomic E-state index is 0.0374. The third kappa shape index (κ3) is 15.9. The molecule has 0 aliphatic rings. The summed E-state index contributed by atoms with van der Waals surface area (Å²) in [5, 5.41) is 0. The second-order valence-corrected chi connectivity index (χ2v) is 8.21. The third-order valence-corrected chi connectivity index (χ3v) is 5.01. The van der Waals surface area contributed by atoms with Crippen LogP contribution >= 0.6 is 0 Å². The Labute approximate surface area is 173 Å². The van der Waals surface area contributed by atoms with E-state index in [4.69, 9.17) is 9.47 Å². The molecule has 0 aromatic carbocycles. The second kappa shape index (κ2) is 18.0. The minimum Gasteiger partial charge on any atom is -0.462 e. The summed E-state index contributed by atoms with van der Waals surface area (Å²) in [5.74, 6) is -0.399. The average Bonchev–Trinajstić information content (AvgIpc) is 2.65. The van der Waals surface area contributed by atoms with Crippen LogP contribution in [0.2, 0.25) is 0 Å². The maximum Gasteiger partial charge on any atom is 0.309 e. The van der Waals surface area contributed by atoms with Crippen LogP contribution in [-0.2, 0) is 19.1 Å². The van der Waals surface area contributed by atoms with Gasteiger partial charge in [0.1, 0.15) is 12.7 Å². The van der Waals surface area contributed by atoms with Crippen LogP contribution in [0.1, 0.15) is 97.8 Å². The Hall–Kier alpha value is -1.10. The molecule has 0 rings (SSSR count). The average molecular weight is 400 g/mol. The van der Waals surface area contributed by atoms with Crippen LogP contribution in [0.3, 0.4) is 0 Å². The first-order valence-electron chi connectivity index (χ1n) is 11.4. The van der Waals surface area contributed by atoms with Crippen LogP contribution < -0.4 is 0 Å². The zero-order valence-electron chi connectivity index (χ0n) is 19.1. The van der Waals surface area contributed by atoms with E-state index >= 15 is 0 Å². The fourth-order valence-electron chi connectivity index (χ4n) is 3.17. The lowest BCUT2D eigenvalue weighted by Gasteiger charge is -2.17. The topological polar surface area (TPSA) is 55.8 Å². The highest BCUT2D eigenvalue weighted by Crippen LogP contribution is 2.17. The summed E-state index contributed by atoms with van der Waals surface area (Å²) in [7, 11) is 4.04. The van der Waals surface area contributed by atoms with Gasteiger partial charge in [0.05, 0.1) is 5.92 Å².